The fourth-order valence-corrected chi connectivity index (χ4v) is 3.67. The second-order valence-electron chi connectivity index (χ2n) is 5.96. The summed E-state index contributed by atoms with van der Waals surface area (Å²) in [6.45, 7) is 4.09. The molecule has 3 aromatic rings. The lowest BCUT2D eigenvalue weighted by Gasteiger charge is -2.18. The molecule has 0 bridgehead atoms. The Morgan fingerprint density at radius 3 is 2.16 bits per heavy atom. The topological polar surface area (TPSA) is 29.1 Å². The lowest BCUT2D eigenvalue weighted by molar-refractivity contribution is -0.115. The lowest BCUT2D eigenvalue weighted by atomic mass is 10.1. The number of nitrogens with one attached hydrogen (secondary N) is 1. The first-order valence-electron chi connectivity index (χ1n) is 8.29. The molecule has 1 atom stereocenters. The first-order valence-corrected chi connectivity index (χ1v) is 9.17. The minimum atomic E-state index is -0.302. The number of carbonyl (C=O) groups excluding carboxylic acids is 1. The molecule has 0 fully saturated rings. The van der Waals surface area contributed by atoms with Crippen LogP contribution in [0.1, 0.15) is 21.9 Å². The summed E-state index contributed by atoms with van der Waals surface area (Å²) < 4.78 is 0. The van der Waals surface area contributed by atoms with Gasteiger partial charge in [-0.1, -0.05) is 60.7 Å². The highest BCUT2D eigenvalue weighted by molar-refractivity contribution is 8.00. The zero-order valence-electron chi connectivity index (χ0n) is 14.4. The van der Waals surface area contributed by atoms with Gasteiger partial charge in [-0.3, -0.25) is 4.79 Å². The molecule has 126 valence electrons. The van der Waals surface area contributed by atoms with Crippen molar-refractivity contribution in [1.82, 2.24) is 0 Å². The van der Waals surface area contributed by atoms with Crippen molar-refractivity contribution < 1.29 is 4.79 Å². The summed E-state index contributed by atoms with van der Waals surface area (Å²) in [6.07, 6.45) is 0. The Labute approximate surface area is 153 Å². The highest BCUT2D eigenvalue weighted by atomic mass is 32.2. The van der Waals surface area contributed by atoms with Gasteiger partial charge in [-0.2, -0.15) is 0 Å². The monoisotopic (exact) mass is 347 g/mol. The summed E-state index contributed by atoms with van der Waals surface area (Å²) in [6, 6.07) is 25.9. The maximum atomic E-state index is 13.0. The molecule has 0 saturated carbocycles. The number of rotatable bonds is 5. The van der Waals surface area contributed by atoms with Crippen molar-refractivity contribution in [3.8, 4) is 0 Å². The average molecular weight is 347 g/mol. The SMILES string of the molecule is Cc1cccc(NC(=O)[C@H](Sc2ccccc2)c2ccccc2)c1C. The third-order valence-electron chi connectivity index (χ3n) is 4.20. The van der Waals surface area contributed by atoms with E-state index in [1.165, 1.54) is 5.56 Å². The highest BCUT2D eigenvalue weighted by Gasteiger charge is 2.22. The molecule has 1 amide bonds. The number of thioether (sulfide) groups is 1. The Morgan fingerprint density at radius 1 is 0.840 bits per heavy atom. The second-order valence-corrected chi connectivity index (χ2v) is 7.14. The summed E-state index contributed by atoms with van der Waals surface area (Å²) in [5, 5.41) is 2.81. The molecular weight excluding hydrogens is 326 g/mol. The van der Waals surface area contributed by atoms with E-state index in [0.717, 1.165) is 21.7 Å². The van der Waals surface area contributed by atoms with Crippen molar-refractivity contribution in [3.63, 3.8) is 0 Å². The van der Waals surface area contributed by atoms with Gasteiger partial charge in [-0.05, 0) is 48.7 Å². The summed E-state index contributed by atoms with van der Waals surface area (Å²) >= 11 is 1.57. The van der Waals surface area contributed by atoms with E-state index >= 15 is 0 Å². The molecule has 0 spiro atoms. The van der Waals surface area contributed by atoms with E-state index < -0.39 is 0 Å². The first kappa shape index (κ1) is 17.3. The number of aryl methyl sites for hydroxylation is 1. The fourth-order valence-electron chi connectivity index (χ4n) is 2.62. The Kier molecular flexibility index (Phi) is 5.56. The van der Waals surface area contributed by atoms with Crippen LogP contribution in [0.2, 0.25) is 0 Å². The van der Waals surface area contributed by atoms with Gasteiger partial charge in [0.1, 0.15) is 5.25 Å². The van der Waals surface area contributed by atoms with Gasteiger partial charge in [0.15, 0.2) is 0 Å². The predicted molar refractivity (Wildman–Crippen MR) is 106 cm³/mol. The first-order chi connectivity index (χ1) is 12.1. The van der Waals surface area contributed by atoms with E-state index in [2.05, 4.69) is 18.3 Å². The van der Waals surface area contributed by atoms with Crippen molar-refractivity contribution >= 4 is 23.4 Å². The Balaban J connectivity index is 1.88. The minimum Gasteiger partial charge on any atom is -0.325 e. The van der Waals surface area contributed by atoms with Crippen molar-refractivity contribution in [1.29, 1.82) is 0 Å². The zero-order chi connectivity index (χ0) is 17.6. The lowest BCUT2D eigenvalue weighted by Crippen LogP contribution is -2.19. The van der Waals surface area contributed by atoms with Crippen LogP contribution in [0.4, 0.5) is 5.69 Å². The molecule has 25 heavy (non-hydrogen) atoms. The van der Waals surface area contributed by atoms with Gasteiger partial charge >= 0.3 is 0 Å². The summed E-state index contributed by atoms with van der Waals surface area (Å²) in [4.78, 5) is 14.1. The molecule has 3 rings (SSSR count). The third-order valence-corrected chi connectivity index (χ3v) is 5.47. The Bertz CT molecular complexity index is 846. The zero-order valence-corrected chi connectivity index (χ0v) is 15.2. The maximum Gasteiger partial charge on any atom is 0.242 e. The van der Waals surface area contributed by atoms with Crippen LogP contribution in [0.15, 0.2) is 83.8 Å². The van der Waals surface area contributed by atoms with Crippen LogP contribution in [0.25, 0.3) is 0 Å². The van der Waals surface area contributed by atoms with Gasteiger partial charge in [-0.15, -0.1) is 11.8 Å². The minimum absolute atomic E-state index is 0.00578. The number of amides is 1. The normalized spacial score (nSPS) is 11.8. The summed E-state index contributed by atoms with van der Waals surface area (Å²) in [5.41, 5.74) is 4.15. The van der Waals surface area contributed by atoms with Crippen LogP contribution < -0.4 is 5.32 Å². The quantitative estimate of drug-likeness (QED) is 0.593. The van der Waals surface area contributed by atoms with E-state index in [4.69, 9.17) is 0 Å². The molecule has 2 nitrogen and oxygen atoms in total. The van der Waals surface area contributed by atoms with Gasteiger partial charge in [-0.25, -0.2) is 0 Å². The van der Waals surface area contributed by atoms with Gasteiger partial charge in [0, 0.05) is 10.6 Å². The second kappa shape index (κ2) is 8.04. The largest absolute Gasteiger partial charge is 0.325 e. The number of carbonyl (C=O) groups is 1. The molecule has 0 aromatic heterocycles. The molecule has 0 saturated heterocycles. The number of hydrogen-bond acceptors (Lipinski definition) is 2. The maximum absolute atomic E-state index is 13.0. The average Bonchev–Trinajstić information content (AvgIpc) is 2.65. The molecule has 1 N–H and O–H groups in total. The Morgan fingerprint density at radius 2 is 1.48 bits per heavy atom. The third kappa shape index (κ3) is 4.31. The predicted octanol–water partition coefficient (Wildman–Crippen LogP) is 5.78. The fraction of sp³-hybridized carbons (Fsp3) is 0.136. The summed E-state index contributed by atoms with van der Waals surface area (Å²) in [7, 11) is 0. The number of benzene rings is 3. The van der Waals surface area contributed by atoms with Crippen LogP contribution in [-0.4, -0.2) is 5.91 Å². The molecule has 0 aliphatic carbocycles. The van der Waals surface area contributed by atoms with Crippen LogP contribution in [0.3, 0.4) is 0 Å². The van der Waals surface area contributed by atoms with Crippen molar-refractivity contribution in [2.24, 2.45) is 0 Å². The molecule has 3 aromatic carbocycles. The van der Waals surface area contributed by atoms with Gasteiger partial charge < -0.3 is 5.32 Å². The van der Waals surface area contributed by atoms with E-state index in [-0.39, 0.29) is 11.2 Å². The van der Waals surface area contributed by atoms with Crippen LogP contribution in [0, 0.1) is 13.8 Å². The van der Waals surface area contributed by atoms with E-state index in [0.29, 0.717) is 0 Å². The molecule has 3 heteroatoms. The molecule has 0 heterocycles. The van der Waals surface area contributed by atoms with Crippen molar-refractivity contribution in [2.75, 3.05) is 5.32 Å². The Hall–Kier alpha value is -2.52. The van der Waals surface area contributed by atoms with Crippen LogP contribution >= 0.6 is 11.8 Å². The van der Waals surface area contributed by atoms with E-state index in [9.17, 15) is 4.79 Å². The number of anilines is 1. The standard InChI is InChI=1S/C22H21NOS/c1-16-10-9-15-20(17(16)2)23-22(24)21(18-11-5-3-6-12-18)25-19-13-7-4-8-14-19/h3-15,21H,1-2H3,(H,23,24)/t21-/m1/s1. The van der Waals surface area contributed by atoms with E-state index in [1.807, 2.05) is 79.7 Å². The van der Waals surface area contributed by atoms with Gasteiger partial charge in [0.2, 0.25) is 5.91 Å². The molecular formula is C22H21NOS. The van der Waals surface area contributed by atoms with Crippen molar-refractivity contribution in [2.45, 2.75) is 24.0 Å². The van der Waals surface area contributed by atoms with Crippen LogP contribution in [0.5, 0.6) is 0 Å². The molecule has 0 unspecified atom stereocenters. The summed E-state index contributed by atoms with van der Waals surface area (Å²) in [5.74, 6) is -0.00578. The van der Waals surface area contributed by atoms with Gasteiger partial charge in [0.05, 0.1) is 0 Å². The molecule has 0 aliphatic rings. The highest BCUT2D eigenvalue weighted by Crippen LogP contribution is 2.36. The van der Waals surface area contributed by atoms with Gasteiger partial charge in [0.25, 0.3) is 0 Å². The van der Waals surface area contributed by atoms with Crippen molar-refractivity contribution in [3.05, 3.63) is 95.6 Å². The van der Waals surface area contributed by atoms with E-state index in [1.54, 1.807) is 11.8 Å². The molecule has 0 aliphatic heterocycles. The smallest absolute Gasteiger partial charge is 0.242 e. The molecule has 0 radical (unpaired) electrons. The number of hydrogen-bond donors (Lipinski definition) is 1. The van der Waals surface area contributed by atoms with Crippen LogP contribution in [-0.2, 0) is 4.79 Å².